The van der Waals surface area contributed by atoms with Gasteiger partial charge in [-0.2, -0.15) is 5.10 Å². The summed E-state index contributed by atoms with van der Waals surface area (Å²) in [6.07, 6.45) is 4.45. The Morgan fingerprint density at radius 1 is 1.00 bits per heavy atom. The van der Waals surface area contributed by atoms with Crippen molar-refractivity contribution in [1.82, 2.24) is 19.7 Å². The van der Waals surface area contributed by atoms with Crippen LogP contribution in [0.3, 0.4) is 0 Å². The largest absolute Gasteiger partial charge is 0.444 e. The second kappa shape index (κ2) is 9.83. The van der Waals surface area contributed by atoms with Crippen molar-refractivity contribution in [2.45, 2.75) is 79.4 Å². The van der Waals surface area contributed by atoms with Crippen LogP contribution in [-0.2, 0) is 23.1 Å². The van der Waals surface area contributed by atoms with Gasteiger partial charge in [0.2, 0.25) is 0 Å². The van der Waals surface area contributed by atoms with Gasteiger partial charge in [-0.3, -0.25) is 10.3 Å². The van der Waals surface area contributed by atoms with Crippen LogP contribution in [0.1, 0.15) is 64.1 Å². The molecule has 0 spiro atoms. The number of hydrogen-bond donors (Lipinski definition) is 2. The number of nitrogens with zero attached hydrogens (tertiary/aromatic N) is 4. The van der Waals surface area contributed by atoms with Gasteiger partial charge in [0, 0.05) is 24.1 Å². The fourth-order valence-corrected chi connectivity index (χ4v) is 3.51. The molecular weight excluding hydrogens is 428 g/mol. The van der Waals surface area contributed by atoms with E-state index in [4.69, 9.17) is 9.84 Å². The minimum absolute atomic E-state index is 0.204. The highest BCUT2D eigenvalue weighted by molar-refractivity contribution is 5.85. The molecule has 2 aromatic heterocycles. The summed E-state index contributed by atoms with van der Waals surface area (Å²) in [5, 5.41) is 11.1. The number of aromatic nitrogens is 4. The molecule has 0 bridgehead atoms. The van der Waals surface area contributed by atoms with E-state index >= 15 is 0 Å². The van der Waals surface area contributed by atoms with Crippen LogP contribution >= 0.6 is 0 Å². The summed E-state index contributed by atoms with van der Waals surface area (Å²) in [5.41, 5.74) is 4.09. The number of carbonyl (C=O) groups excluding carboxylic acids is 1. The quantitative estimate of drug-likeness (QED) is 0.470. The molecule has 0 saturated carbocycles. The first-order valence-corrected chi connectivity index (χ1v) is 11.6. The van der Waals surface area contributed by atoms with E-state index in [-0.39, 0.29) is 5.54 Å². The zero-order chi connectivity index (χ0) is 25.1. The fourth-order valence-electron chi connectivity index (χ4n) is 3.51. The Balaban J connectivity index is 1.77. The van der Waals surface area contributed by atoms with Crippen LogP contribution in [0.5, 0.6) is 0 Å². The van der Waals surface area contributed by atoms with Crippen molar-refractivity contribution in [2.75, 3.05) is 10.6 Å². The summed E-state index contributed by atoms with van der Waals surface area (Å²) in [7, 11) is 0. The molecule has 3 rings (SSSR count). The van der Waals surface area contributed by atoms with Crippen molar-refractivity contribution in [3.8, 4) is 0 Å². The Kier molecular flexibility index (Phi) is 7.29. The molecule has 0 saturated heterocycles. The maximum Gasteiger partial charge on any atom is 0.412 e. The maximum absolute atomic E-state index is 12.1. The standard InChI is InChI=1S/C26H36N6O2/c1-17-9-11-20(29-24(33)34-26(6,7)8)15-19(17)10-12-21-16-22(32(31-21)25(3,4)5)30-23-18(2)27-13-14-28-23/h9,11,13-16H,10,12H2,1-8H3,(H,28,30)(H,29,33). The number of hydrogen-bond acceptors (Lipinski definition) is 6. The van der Waals surface area contributed by atoms with Crippen LogP contribution in [-0.4, -0.2) is 31.4 Å². The number of aryl methyl sites for hydroxylation is 4. The maximum atomic E-state index is 12.1. The monoisotopic (exact) mass is 464 g/mol. The molecule has 0 aliphatic rings. The van der Waals surface area contributed by atoms with Crippen LogP contribution in [0.2, 0.25) is 0 Å². The summed E-state index contributed by atoms with van der Waals surface area (Å²) < 4.78 is 7.36. The molecule has 0 aliphatic heterocycles. The predicted molar refractivity (Wildman–Crippen MR) is 136 cm³/mol. The van der Waals surface area contributed by atoms with Crippen molar-refractivity contribution in [2.24, 2.45) is 0 Å². The van der Waals surface area contributed by atoms with E-state index in [1.807, 2.05) is 50.6 Å². The minimum Gasteiger partial charge on any atom is -0.444 e. The number of amides is 1. The minimum atomic E-state index is -0.543. The third kappa shape index (κ3) is 6.79. The number of rotatable bonds is 6. The zero-order valence-corrected chi connectivity index (χ0v) is 21.5. The molecule has 0 radical (unpaired) electrons. The van der Waals surface area contributed by atoms with Crippen LogP contribution in [0, 0.1) is 13.8 Å². The molecule has 8 heteroatoms. The van der Waals surface area contributed by atoms with E-state index in [2.05, 4.69) is 54.4 Å². The van der Waals surface area contributed by atoms with E-state index < -0.39 is 11.7 Å². The summed E-state index contributed by atoms with van der Waals surface area (Å²) in [5.74, 6) is 1.60. The van der Waals surface area contributed by atoms with Gasteiger partial charge >= 0.3 is 6.09 Å². The molecule has 0 unspecified atom stereocenters. The Morgan fingerprint density at radius 2 is 1.71 bits per heavy atom. The predicted octanol–water partition coefficient (Wildman–Crippen LogP) is 5.92. The lowest BCUT2D eigenvalue weighted by Gasteiger charge is -2.22. The first-order valence-electron chi connectivity index (χ1n) is 11.6. The van der Waals surface area contributed by atoms with Crippen LogP contribution in [0.25, 0.3) is 0 Å². The highest BCUT2D eigenvalue weighted by atomic mass is 16.6. The summed E-state index contributed by atoms with van der Waals surface area (Å²) in [6.45, 7) is 15.9. The van der Waals surface area contributed by atoms with E-state index in [0.29, 0.717) is 0 Å². The molecule has 3 aromatic rings. The third-order valence-electron chi connectivity index (χ3n) is 5.17. The molecule has 0 atom stereocenters. The Labute approximate surface area is 202 Å². The summed E-state index contributed by atoms with van der Waals surface area (Å²) in [6, 6.07) is 7.97. The SMILES string of the molecule is Cc1ccc(NC(=O)OC(C)(C)C)cc1CCc1cc(Nc2nccnc2C)n(C(C)(C)C)n1. The van der Waals surface area contributed by atoms with Gasteiger partial charge < -0.3 is 10.1 Å². The van der Waals surface area contributed by atoms with Gasteiger partial charge in [0.15, 0.2) is 5.82 Å². The van der Waals surface area contributed by atoms with Crippen molar-refractivity contribution in [3.63, 3.8) is 0 Å². The number of nitrogens with one attached hydrogen (secondary N) is 2. The topological polar surface area (TPSA) is 94.0 Å². The lowest BCUT2D eigenvalue weighted by Crippen LogP contribution is -2.27. The van der Waals surface area contributed by atoms with E-state index in [0.717, 1.165) is 47.1 Å². The van der Waals surface area contributed by atoms with E-state index in [1.54, 1.807) is 12.4 Å². The van der Waals surface area contributed by atoms with Crippen LogP contribution in [0.4, 0.5) is 22.1 Å². The van der Waals surface area contributed by atoms with Crippen molar-refractivity contribution >= 4 is 23.4 Å². The van der Waals surface area contributed by atoms with Gasteiger partial charge in [-0.05, 0) is 91.5 Å². The molecule has 1 aromatic carbocycles. The molecule has 1 amide bonds. The molecule has 8 nitrogen and oxygen atoms in total. The number of benzene rings is 1. The third-order valence-corrected chi connectivity index (χ3v) is 5.17. The Bertz CT molecular complexity index is 1150. The normalized spacial score (nSPS) is 11.9. The van der Waals surface area contributed by atoms with E-state index in [9.17, 15) is 4.79 Å². The van der Waals surface area contributed by atoms with Gasteiger partial charge in [-0.1, -0.05) is 6.07 Å². The second-order valence-corrected chi connectivity index (χ2v) is 10.5. The highest BCUT2D eigenvalue weighted by Gasteiger charge is 2.21. The fraction of sp³-hybridized carbons (Fsp3) is 0.462. The van der Waals surface area contributed by atoms with Gasteiger partial charge in [0.1, 0.15) is 11.4 Å². The lowest BCUT2D eigenvalue weighted by molar-refractivity contribution is 0.0636. The zero-order valence-electron chi connectivity index (χ0n) is 21.5. The smallest absolute Gasteiger partial charge is 0.412 e. The number of anilines is 3. The molecular formula is C26H36N6O2. The molecule has 34 heavy (non-hydrogen) atoms. The first-order chi connectivity index (χ1) is 15.8. The number of carbonyl (C=O) groups is 1. The van der Waals surface area contributed by atoms with Gasteiger partial charge in [-0.15, -0.1) is 0 Å². The van der Waals surface area contributed by atoms with Crippen LogP contribution < -0.4 is 10.6 Å². The van der Waals surface area contributed by atoms with Crippen molar-refractivity contribution < 1.29 is 9.53 Å². The van der Waals surface area contributed by atoms with Crippen LogP contribution in [0.15, 0.2) is 36.7 Å². The number of ether oxygens (including phenoxy) is 1. The average molecular weight is 465 g/mol. The van der Waals surface area contributed by atoms with Gasteiger partial charge in [-0.25, -0.2) is 14.5 Å². The second-order valence-electron chi connectivity index (χ2n) is 10.5. The molecule has 0 fully saturated rings. The first kappa shape index (κ1) is 25.2. The highest BCUT2D eigenvalue weighted by Crippen LogP contribution is 2.26. The summed E-state index contributed by atoms with van der Waals surface area (Å²) in [4.78, 5) is 20.9. The lowest BCUT2D eigenvalue weighted by atomic mass is 10.0. The Hall–Kier alpha value is -3.42. The molecule has 2 heterocycles. The van der Waals surface area contributed by atoms with Gasteiger partial charge in [0.25, 0.3) is 0 Å². The van der Waals surface area contributed by atoms with Gasteiger partial charge in [0.05, 0.1) is 16.9 Å². The van der Waals surface area contributed by atoms with E-state index in [1.165, 1.54) is 5.56 Å². The van der Waals surface area contributed by atoms with Crippen molar-refractivity contribution in [1.29, 1.82) is 0 Å². The summed E-state index contributed by atoms with van der Waals surface area (Å²) >= 11 is 0. The molecule has 2 N–H and O–H groups in total. The molecule has 182 valence electrons. The average Bonchev–Trinajstić information content (AvgIpc) is 3.12. The van der Waals surface area contributed by atoms with Crippen molar-refractivity contribution in [3.05, 3.63) is 59.2 Å². The molecule has 0 aliphatic carbocycles. The Morgan fingerprint density at radius 3 is 2.35 bits per heavy atom.